The van der Waals surface area contributed by atoms with Crippen molar-refractivity contribution in [3.05, 3.63) is 83.1 Å². The molecule has 0 fully saturated rings. The standard InChI is InChI=1S/C20H21N5O/c1-14-4-3-5-17(10-14)13-23-20(26)18-11-19(25-15(2)24-18)22-12-16-6-8-21-9-7-16/h3-11H,12-13H2,1-2H3,(H,23,26)(H,22,24,25). The fourth-order valence-corrected chi connectivity index (χ4v) is 2.56. The van der Waals surface area contributed by atoms with E-state index in [1.54, 1.807) is 25.4 Å². The lowest BCUT2D eigenvalue weighted by molar-refractivity contribution is 0.0945. The van der Waals surface area contributed by atoms with Crippen molar-refractivity contribution >= 4 is 11.7 Å². The Kier molecular flexibility index (Phi) is 5.53. The van der Waals surface area contributed by atoms with E-state index in [0.29, 0.717) is 30.4 Å². The van der Waals surface area contributed by atoms with E-state index in [0.717, 1.165) is 16.7 Å². The summed E-state index contributed by atoms with van der Waals surface area (Å²) in [6.07, 6.45) is 3.48. The smallest absolute Gasteiger partial charge is 0.270 e. The summed E-state index contributed by atoms with van der Waals surface area (Å²) in [5, 5.41) is 6.12. The summed E-state index contributed by atoms with van der Waals surface area (Å²) in [6, 6.07) is 13.6. The Morgan fingerprint density at radius 1 is 0.962 bits per heavy atom. The zero-order valence-corrected chi connectivity index (χ0v) is 14.9. The topological polar surface area (TPSA) is 79.8 Å². The maximum absolute atomic E-state index is 12.4. The average molecular weight is 347 g/mol. The summed E-state index contributed by atoms with van der Waals surface area (Å²) < 4.78 is 0. The van der Waals surface area contributed by atoms with Gasteiger partial charge in [-0.25, -0.2) is 9.97 Å². The van der Waals surface area contributed by atoms with Crippen molar-refractivity contribution < 1.29 is 4.79 Å². The maximum Gasteiger partial charge on any atom is 0.270 e. The van der Waals surface area contributed by atoms with Crippen LogP contribution in [0.3, 0.4) is 0 Å². The summed E-state index contributed by atoms with van der Waals surface area (Å²) in [5.41, 5.74) is 3.65. The Hall–Kier alpha value is -3.28. The van der Waals surface area contributed by atoms with Crippen LogP contribution in [0.4, 0.5) is 5.82 Å². The first-order valence-electron chi connectivity index (χ1n) is 8.42. The zero-order chi connectivity index (χ0) is 18.4. The molecule has 2 aromatic heterocycles. The van der Waals surface area contributed by atoms with Crippen LogP contribution in [0, 0.1) is 13.8 Å². The van der Waals surface area contributed by atoms with Crippen LogP contribution in [-0.2, 0) is 13.1 Å². The number of aryl methyl sites for hydroxylation is 2. The molecule has 0 aliphatic rings. The summed E-state index contributed by atoms with van der Waals surface area (Å²) >= 11 is 0. The van der Waals surface area contributed by atoms with Crippen LogP contribution < -0.4 is 10.6 Å². The van der Waals surface area contributed by atoms with Gasteiger partial charge in [0.05, 0.1) is 0 Å². The largest absolute Gasteiger partial charge is 0.366 e. The number of rotatable bonds is 6. The molecule has 0 aliphatic carbocycles. The minimum absolute atomic E-state index is 0.219. The van der Waals surface area contributed by atoms with E-state index >= 15 is 0 Å². The van der Waals surface area contributed by atoms with Gasteiger partial charge in [0.25, 0.3) is 5.91 Å². The first-order chi connectivity index (χ1) is 12.6. The Morgan fingerprint density at radius 2 is 1.77 bits per heavy atom. The minimum atomic E-state index is -0.219. The summed E-state index contributed by atoms with van der Waals surface area (Å²) in [4.78, 5) is 25.0. The highest BCUT2D eigenvalue weighted by Gasteiger charge is 2.10. The molecule has 0 saturated heterocycles. The number of nitrogens with zero attached hydrogens (tertiary/aromatic N) is 3. The molecule has 0 aliphatic heterocycles. The van der Waals surface area contributed by atoms with E-state index in [2.05, 4.69) is 25.6 Å². The number of anilines is 1. The van der Waals surface area contributed by atoms with Gasteiger partial charge in [0.1, 0.15) is 17.3 Å². The van der Waals surface area contributed by atoms with Crippen LogP contribution in [0.5, 0.6) is 0 Å². The van der Waals surface area contributed by atoms with Gasteiger partial charge in [-0.2, -0.15) is 0 Å². The third kappa shape index (κ3) is 4.86. The van der Waals surface area contributed by atoms with Crippen LogP contribution in [-0.4, -0.2) is 20.9 Å². The molecule has 0 radical (unpaired) electrons. The molecule has 1 aromatic carbocycles. The van der Waals surface area contributed by atoms with Crippen LogP contribution in [0.15, 0.2) is 54.9 Å². The van der Waals surface area contributed by atoms with Gasteiger partial charge >= 0.3 is 0 Å². The van der Waals surface area contributed by atoms with E-state index < -0.39 is 0 Å². The van der Waals surface area contributed by atoms with Crippen molar-refractivity contribution in [3.63, 3.8) is 0 Å². The second-order valence-electron chi connectivity index (χ2n) is 6.07. The molecule has 1 amide bonds. The third-order valence-corrected chi connectivity index (χ3v) is 3.83. The van der Waals surface area contributed by atoms with Gasteiger partial charge in [-0.3, -0.25) is 9.78 Å². The van der Waals surface area contributed by atoms with E-state index in [4.69, 9.17) is 0 Å². The molecule has 3 aromatic rings. The molecule has 2 N–H and O–H groups in total. The first kappa shape index (κ1) is 17.5. The molecule has 6 nitrogen and oxygen atoms in total. The number of hydrogen-bond donors (Lipinski definition) is 2. The van der Waals surface area contributed by atoms with Gasteiger partial charge in [-0.1, -0.05) is 29.8 Å². The van der Waals surface area contributed by atoms with Crippen LogP contribution in [0.25, 0.3) is 0 Å². The first-order valence-corrected chi connectivity index (χ1v) is 8.42. The molecular weight excluding hydrogens is 326 g/mol. The van der Waals surface area contributed by atoms with Crippen LogP contribution >= 0.6 is 0 Å². The van der Waals surface area contributed by atoms with Crippen molar-refractivity contribution in [2.24, 2.45) is 0 Å². The number of amides is 1. The summed E-state index contributed by atoms with van der Waals surface area (Å²) in [6.45, 7) is 4.86. The number of carbonyl (C=O) groups excluding carboxylic acids is 1. The second-order valence-corrected chi connectivity index (χ2v) is 6.07. The predicted octanol–water partition coefficient (Wildman–Crippen LogP) is 3.03. The number of benzene rings is 1. The summed E-state index contributed by atoms with van der Waals surface area (Å²) in [7, 11) is 0. The lowest BCUT2D eigenvalue weighted by Crippen LogP contribution is -2.24. The molecular formula is C20H21N5O. The van der Waals surface area contributed by atoms with Gasteiger partial charge in [0.15, 0.2) is 0 Å². The lowest BCUT2D eigenvalue weighted by Gasteiger charge is -2.09. The Balaban J connectivity index is 1.65. The third-order valence-electron chi connectivity index (χ3n) is 3.83. The molecule has 0 unspecified atom stereocenters. The molecule has 0 atom stereocenters. The Morgan fingerprint density at radius 3 is 2.54 bits per heavy atom. The molecule has 0 bridgehead atoms. The molecule has 26 heavy (non-hydrogen) atoms. The Bertz CT molecular complexity index is 896. The van der Waals surface area contributed by atoms with Crippen LogP contribution in [0.2, 0.25) is 0 Å². The highest BCUT2D eigenvalue weighted by atomic mass is 16.1. The van der Waals surface area contributed by atoms with Gasteiger partial charge in [-0.05, 0) is 37.1 Å². The van der Waals surface area contributed by atoms with Gasteiger partial charge in [-0.15, -0.1) is 0 Å². The molecule has 132 valence electrons. The number of carbonyl (C=O) groups is 1. The molecule has 2 heterocycles. The van der Waals surface area contributed by atoms with Gasteiger partial charge in [0.2, 0.25) is 0 Å². The highest BCUT2D eigenvalue weighted by Crippen LogP contribution is 2.10. The SMILES string of the molecule is Cc1cccc(CNC(=O)c2cc(NCc3ccncc3)nc(C)n2)c1. The van der Waals surface area contributed by atoms with Gasteiger partial charge in [0, 0.05) is 31.5 Å². The van der Waals surface area contributed by atoms with Crippen LogP contribution in [0.1, 0.15) is 33.0 Å². The number of pyridine rings is 1. The van der Waals surface area contributed by atoms with E-state index in [1.807, 2.05) is 43.3 Å². The molecule has 3 rings (SSSR count). The normalized spacial score (nSPS) is 10.4. The number of hydrogen-bond acceptors (Lipinski definition) is 5. The van der Waals surface area contributed by atoms with E-state index in [9.17, 15) is 4.79 Å². The van der Waals surface area contributed by atoms with Crippen molar-refractivity contribution in [2.75, 3.05) is 5.32 Å². The average Bonchev–Trinajstić information content (AvgIpc) is 2.65. The highest BCUT2D eigenvalue weighted by molar-refractivity contribution is 5.92. The van der Waals surface area contributed by atoms with Crippen molar-refractivity contribution in [1.29, 1.82) is 0 Å². The fraction of sp³-hybridized carbons (Fsp3) is 0.200. The maximum atomic E-state index is 12.4. The zero-order valence-electron chi connectivity index (χ0n) is 14.9. The Labute approximate surface area is 152 Å². The monoisotopic (exact) mass is 347 g/mol. The fourth-order valence-electron chi connectivity index (χ4n) is 2.56. The summed E-state index contributed by atoms with van der Waals surface area (Å²) in [5.74, 6) is 0.949. The number of aromatic nitrogens is 3. The van der Waals surface area contributed by atoms with E-state index in [-0.39, 0.29) is 5.91 Å². The minimum Gasteiger partial charge on any atom is -0.366 e. The van der Waals surface area contributed by atoms with Crippen molar-refractivity contribution in [1.82, 2.24) is 20.3 Å². The van der Waals surface area contributed by atoms with Crippen molar-refractivity contribution in [3.8, 4) is 0 Å². The quantitative estimate of drug-likeness (QED) is 0.716. The second kappa shape index (κ2) is 8.20. The predicted molar refractivity (Wildman–Crippen MR) is 101 cm³/mol. The molecule has 0 spiro atoms. The lowest BCUT2D eigenvalue weighted by atomic mass is 10.1. The van der Waals surface area contributed by atoms with E-state index in [1.165, 1.54) is 0 Å². The van der Waals surface area contributed by atoms with Gasteiger partial charge < -0.3 is 10.6 Å². The molecule has 0 saturated carbocycles. The number of nitrogens with one attached hydrogen (secondary N) is 2. The van der Waals surface area contributed by atoms with Crippen molar-refractivity contribution in [2.45, 2.75) is 26.9 Å². The molecule has 6 heteroatoms.